The van der Waals surface area contributed by atoms with Crippen molar-refractivity contribution in [3.8, 4) is 0 Å². The molecule has 1 heterocycles. The highest BCUT2D eigenvalue weighted by Crippen LogP contribution is 2.17. The van der Waals surface area contributed by atoms with Gasteiger partial charge in [-0.1, -0.05) is 0 Å². The maximum absolute atomic E-state index is 11.8. The van der Waals surface area contributed by atoms with Gasteiger partial charge in [0, 0.05) is 18.4 Å². The van der Waals surface area contributed by atoms with E-state index in [0.29, 0.717) is 18.7 Å². The minimum atomic E-state index is -0.507. The van der Waals surface area contributed by atoms with Crippen LogP contribution in [0, 0.1) is 0 Å². The molecule has 0 aliphatic rings. The molecule has 0 bridgehead atoms. The Labute approximate surface area is 139 Å². The summed E-state index contributed by atoms with van der Waals surface area (Å²) in [5.74, 6) is -1.08. The number of nitrogens with zero attached hydrogens (tertiary/aromatic N) is 2. The summed E-state index contributed by atoms with van der Waals surface area (Å²) in [6.45, 7) is 4.39. The molecule has 1 aromatic carbocycles. The molecule has 0 saturated heterocycles. The zero-order valence-corrected chi connectivity index (χ0v) is 13.8. The molecule has 0 amide bonds. The van der Waals surface area contributed by atoms with Crippen molar-refractivity contribution in [2.45, 2.75) is 33.2 Å². The number of hydrogen-bond acceptors (Lipinski definition) is 6. The summed E-state index contributed by atoms with van der Waals surface area (Å²) in [5, 5.41) is 5.02. The van der Waals surface area contributed by atoms with Crippen LogP contribution in [0.2, 0.25) is 0 Å². The fourth-order valence-electron chi connectivity index (χ4n) is 2.30. The molecule has 7 heteroatoms. The maximum Gasteiger partial charge on any atom is 0.338 e. The first kappa shape index (κ1) is 17.7. The lowest BCUT2D eigenvalue weighted by molar-refractivity contribution is -0.145. The Morgan fingerprint density at radius 3 is 2.58 bits per heavy atom. The summed E-state index contributed by atoms with van der Waals surface area (Å²) >= 11 is 0. The van der Waals surface area contributed by atoms with Gasteiger partial charge in [-0.15, -0.1) is 0 Å². The fraction of sp³-hybridized carbons (Fsp3) is 0.412. The lowest BCUT2D eigenvalue weighted by Crippen LogP contribution is -2.13. The van der Waals surface area contributed by atoms with Crippen molar-refractivity contribution in [2.24, 2.45) is 0 Å². The Balaban J connectivity index is 2.02. The predicted molar refractivity (Wildman–Crippen MR) is 86.6 cm³/mol. The first-order valence-corrected chi connectivity index (χ1v) is 7.85. The van der Waals surface area contributed by atoms with Crippen molar-refractivity contribution in [1.82, 2.24) is 9.78 Å². The normalized spacial score (nSPS) is 10.6. The molecule has 7 nitrogen and oxygen atoms in total. The van der Waals surface area contributed by atoms with Gasteiger partial charge < -0.3 is 9.47 Å². The van der Waals surface area contributed by atoms with Crippen LogP contribution in [-0.4, -0.2) is 40.7 Å². The number of ketones is 1. The highest BCUT2D eigenvalue weighted by molar-refractivity contribution is 5.96. The van der Waals surface area contributed by atoms with E-state index in [2.05, 4.69) is 5.10 Å². The maximum atomic E-state index is 11.8. The molecule has 128 valence electrons. The highest BCUT2D eigenvalue weighted by Gasteiger charge is 2.13. The summed E-state index contributed by atoms with van der Waals surface area (Å²) in [7, 11) is 0. The third kappa shape index (κ3) is 4.41. The van der Waals surface area contributed by atoms with E-state index in [1.807, 2.05) is 0 Å². The third-order valence-electron chi connectivity index (χ3n) is 3.40. The van der Waals surface area contributed by atoms with E-state index in [-0.39, 0.29) is 31.2 Å². The Hall–Kier alpha value is -2.70. The summed E-state index contributed by atoms with van der Waals surface area (Å²) in [6.07, 6.45) is 1.60. The van der Waals surface area contributed by atoms with E-state index in [4.69, 9.17) is 9.47 Å². The standard InChI is InChI=1S/C17H20N2O5/c1-3-23-16(21)10-14(20)7-8-19-15-6-5-12(17(22)24-4-2)9-13(15)11-18-19/h5-6,9,11H,3-4,7-8,10H2,1-2H3. The van der Waals surface area contributed by atoms with Crippen LogP contribution in [0.1, 0.15) is 37.0 Å². The van der Waals surface area contributed by atoms with Gasteiger partial charge in [-0.25, -0.2) is 4.79 Å². The number of aryl methyl sites for hydroxylation is 1. The average molecular weight is 332 g/mol. The number of Topliss-reactive ketones (excluding diaryl/α,β-unsaturated/α-hetero) is 1. The molecule has 0 atom stereocenters. The average Bonchev–Trinajstić information content (AvgIpc) is 2.95. The van der Waals surface area contributed by atoms with Gasteiger partial charge in [0.15, 0.2) is 0 Å². The first-order valence-electron chi connectivity index (χ1n) is 7.85. The number of esters is 2. The second-order valence-corrected chi connectivity index (χ2v) is 5.13. The van der Waals surface area contributed by atoms with Crippen LogP contribution in [0.5, 0.6) is 0 Å². The topological polar surface area (TPSA) is 87.5 Å². The van der Waals surface area contributed by atoms with E-state index in [1.165, 1.54) is 0 Å². The summed E-state index contributed by atoms with van der Waals surface area (Å²) in [6, 6.07) is 5.14. The van der Waals surface area contributed by atoms with Gasteiger partial charge in [0.1, 0.15) is 12.2 Å². The smallest absolute Gasteiger partial charge is 0.338 e. The Morgan fingerprint density at radius 1 is 1.12 bits per heavy atom. The molecule has 0 unspecified atom stereocenters. The number of carbonyl (C=O) groups excluding carboxylic acids is 3. The van der Waals surface area contributed by atoms with Crippen molar-refractivity contribution in [1.29, 1.82) is 0 Å². The summed E-state index contributed by atoms with van der Waals surface area (Å²) < 4.78 is 11.4. The molecule has 2 aromatic rings. The number of benzene rings is 1. The molecule has 1 aromatic heterocycles. The molecule has 0 N–H and O–H groups in total. The predicted octanol–water partition coefficient (Wildman–Crippen LogP) is 2.13. The molecular weight excluding hydrogens is 312 g/mol. The molecule has 0 radical (unpaired) electrons. The van der Waals surface area contributed by atoms with Crippen LogP contribution in [-0.2, 0) is 25.6 Å². The lowest BCUT2D eigenvalue weighted by Gasteiger charge is -2.05. The minimum Gasteiger partial charge on any atom is -0.466 e. The van der Waals surface area contributed by atoms with Gasteiger partial charge in [0.25, 0.3) is 0 Å². The SMILES string of the molecule is CCOC(=O)CC(=O)CCn1ncc2cc(C(=O)OCC)ccc21. The number of hydrogen-bond donors (Lipinski definition) is 0. The summed E-state index contributed by atoms with van der Waals surface area (Å²) in [5.41, 5.74) is 1.27. The first-order chi connectivity index (χ1) is 11.5. The van der Waals surface area contributed by atoms with Crippen LogP contribution in [0.25, 0.3) is 10.9 Å². The molecule has 0 aliphatic carbocycles. The van der Waals surface area contributed by atoms with Gasteiger partial charge in [-0.2, -0.15) is 5.10 Å². The second kappa shape index (κ2) is 8.24. The number of aromatic nitrogens is 2. The lowest BCUT2D eigenvalue weighted by atomic mass is 10.1. The van der Waals surface area contributed by atoms with E-state index < -0.39 is 5.97 Å². The Kier molecular flexibility index (Phi) is 6.06. The Morgan fingerprint density at radius 2 is 1.88 bits per heavy atom. The van der Waals surface area contributed by atoms with Crippen LogP contribution in [0.15, 0.2) is 24.4 Å². The number of ether oxygens (including phenoxy) is 2. The molecule has 24 heavy (non-hydrogen) atoms. The van der Waals surface area contributed by atoms with E-state index in [0.717, 1.165) is 10.9 Å². The summed E-state index contributed by atoms with van der Waals surface area (Å²) in [4.78, 5) is 34.8. The minimum absolute atomic E-state index is 0.190. The monoisotopic (exact) mass is 332 g/mol. The molecule has 0 spiro atoms. The highest BCUT2D eigenvalue weighted by atomic mass is 16.5. The third-order valence-corrected chi connectivity index (χ3v) is 3.40. The van der Waals surface area contributed by atoms with Gasteiger partial charge in [0.05, 0.1) is 30.5 Å². The van der Waals surface area contributed by atoms with Crippen LogP contribution < -0.4 is 0 Å². The molecule has 2 rings (SSSR count). The molecule has 0 aliphatic heterocycles. The quantitative estimate of drug-likeness (QED) is 0.543. The number of carbonyl (C=O) groups is 3. The van der Waals surface area contributed by atoms with E-state index >= 15 is 0 Å². The van der Waals surface area contributed by atoms with Crippen molar-refractivity contribution < 1.29 is 23.9 Å². The van der Waals surface area contributed by atoms with Gasteiger partial charge in [-0.05, 0) is 32.0 Å². The van der Waals surface area contributed by atoms with Gasteiger partial charge in [0.2, 0.25) is 0 Å². The molecular formula is C17H20N2O5. The Bertz CT molecular complexity index is 751. The van der Waals surface area contributed by atoms with Crippen molar-refractivity contribution >= 4 is 28.6 Å². The molecule has 0 fully saturated rings. The van der Waals surface area contributed by atoms with E-state index in [9.17, 15) is 14.4 Å². The second-order valence-electron chi connectivity index (χ2n) is 5.13. The fourth-order valence-corrected chi connectivity index (χ4v) is 2.30. The van der Waals surface area contributed by atoms with Gasteiger partial charge in [-0.3, -0.25) is 14.3 Å². The van der Waals surface area contributed by atoms with Crippen molar-refractivity contribution in [2.75, 3.05) is 13.2 Å². The van der Waals surface area contributed by atoms with Crippen LogP contribution in [0.4, 0.5) is 0 Å². The molecule has 0 saturated carbocycles. The zero-order chi connectivity index (χ0) is 17.5. The van der Waals surface area contributed by atoms with Crippen molar-refractivity contribution in [3.63, 3.8) is 0 Å². The number of fused-ring (bicyclic) bond motifs is 1. The van der Waals surface area contributed by atoms with Crippen LogP contribution in [0.3, 0.4) is 0 Å². The van der Waals surface area contributed by atoms with Gasteiger partial charge >= 0.3 is 11.9 Å². The van der Waals surface area contributed by atoms with Crippen LogP contribution >= 0.6 is 0 Å². The van der Waals surface area contributed by atoms with E-state index in [1.54, 1.807) is 42.9 Å². The number of rotatable bonds is 8. The largest absolute Gasteiger partial charge is 0.466 e. The zero-order valence-electron chi connectivity index (χ0n) is 13.8. The van der Waals surface area contributed by atoms with Crippen molar-refractivity contribution in [3.05, 3.63) is 30.0 Å².